The summed E-state index contributed by atoms with van der Waals surface area (Å²) in [6, 6.07) is -0.384. The normalized spacial score (nSPS) is 24.2. The van der Waals surface area contributed by atoms with E-state index in [1.807, 2.05) is 0 Å². The summed E-state index contributed by atoms with van der Waals surface area (Å²) in [5, 5.41) is 18.0. The van der Waals surface area contributed by atoms with Crippen LogP contribution < -0.4 is 0 Å². The van der Waals surface area contributed by atoms with Crippen LogP contribution in [-0.2, 0) is 0 Å². The molecule has 1 saturated heterocycles. The third-order valence-corrected chi connectivity index (χ3v) is 1.60. The number of β-amino-alcohol motifs (C(OH)–C–C–N with tert-alkyl or cyclic N) is 2. The number of carbonyl (C=O) groups excluding carboxylic acids is 1. The van der Waals surface area contributed by atoms with Crippen molar-refractivity contribution < 1.29 is 15.0 Å². The highest BCUT2D eigenvalue weighted by Crippen LogP contribution is 2.17. The first-order valence-electron chi connectivity index (χ1n) is 2.89. The van der Waals surface area contributed by atoms with Crippen molar-refractivity contribution in [1.82, 2.24) is 9.80 Å². The lowest BCUT2D eigenvalue weighted by molar-refractivity contribution is -0.218. The molecule has 0 radical (unpaired) electrons. The van der Waals surface area contributed by atoms with Gasteiger partial charge in [0.05, 0.1) is 6.54 Å². The molecule has 58 valence electrons. The maximum Gasteiger partial charge on any atom is 0.323 e. The third kappa shape index (κ3) is 0.833. The van der Waals surface area contributed by atoms with Crippen molar-refractivity contribution in [3.8, 4) is 0 Å². The second-order valence-corrected chi connectivity index (χ2v) is 2.47. The SMILES string of the molecule is CN1CC(O)(O)N(C)C1=O. The van der Waals surface area contributed by atoms with Gasteiger partial charge in [-0.1, -0.05) is 0 Å². The number of likely N-dealkylation sites (N-methyl/N-ethyl adjacent to an activating group) is 2. The summed E-state index contributed by atoms with van der Waals surface area (Å²) in [5.41, 5.74) is 0. The summed E-state index contributed by atoms with van der Waals surface area (Å²) in [6.07, 6.45) is 0. The van der Waals surface area contributed by atoms with Crippen molar-refractivity contribution in [3.05, 3.63) is 0 Å². The summed E-state index contributed by atoms with van der Waals surface area (Å²) in [5.74, 6) is -1.99. The van der Waals surface area contributed by atoms with E-state index in [4.69, 9.17) is 10.2 Å². The zero-order valence-electron chi connectivity index (χ0n) is 5.90. The van der Waals surface area contributed by atoms with Crippen molar-refractivity contribution in [3.63, 3.8) is 0 Å². The quantitative estimate of drug-likeness (QED) is 0.414. The van der Waals surface area contributed by atoms with Crippen LogP contribution in [0.3, 0.4) is 0 Å². The first-order valence-corrected chi connectivity index (χ1v) is 2.89. The van der Waals surface area contributed by atoms with Crippen LogP contribution >= 0.6 is 0 Å². The molecule has 1 rings (SSSR count). The highest BCUT2D eigenvalue weighted by atomic mass is 16.5. The van der Waals surface area contributed by atoms with E-state index < -0.39 is 5.91 Å². The number of urea groups is 1. The molecule has 1 heterocycles. The van der Waals surface area contributed by atoms with Gasteiger partial charge in [0, 0.05) is 14.1 Å². The Kier molecular flexibility index (Phi) is 1.34. The summed E-state index contributed by atoms with van der Waals surface area (Å²) in [4.78, 5) is 13.0. The van der Waals surface area contributed by atoms with E-state index in [9.17, 15) is 4.79 Å². The van der Waals surface area contributed by atoms with Crippen LogP contribution in [0.15, 0.2) is 0 Å². The molecule has 0 aliphatic carbocycles. The largest absolute Gasteiger partial charge is 0.347 e. The summed E-state index contributed by atoms with van der Waals surface area (Å²) >= 11 is 0. The van der Waals surface area contributed by atoms with Crippen molar-refractivity contribution in [2.45, 2.75) is 5.91 Å². The minimum atomic E-state index is -1.99. The second kappa shape index (κ2) is 1.83. The van der Waals surface area contributed by atoms with Crippen molar-refractivity contribution >= 4 is 6.03 Å². The number of aliphatic hydroxyl groups is 2. The third-order valence-electron chi connectivity index (χ3n) is 1.60. The minimum Gasteiger partial charge on any atom is -0.347 e. The minimum absolute atomic E-state index is 0.0671. The monoisotopic (exact) mass is 146 g/mol. The molecule has 0 aromatic carbocycles. The van der Waals surface area contributed by atoms with Gasteiger partial charge in [-0.3, -0.25) is 4.90 Å². The fraction of sp³-hybridized carbons (Fsp3) is 0.800. The number of carbonyl (C=O) groups is 1. The zero-order valence-corrected chi connectivity index (χ0v) is 5.90. The van der Waals surface area contributed by atoms with E-state index in [1.54, 1.807) is 0 Å². The molecular weight excluding hydrogens is 136 g/mol. The van der Waals surface area contributed by atoms with E-state index in [0.29, 0.717) is 0 Å². The Morgan fingerprint density at radius 2 is 2.00 bits per heavy atom. The van der Waals surface area contributed by atoms with Gasteiger partial charge in [-0.15, -0.1) is 0 Å². The molecule has 0 aromatic heterocycles. The van der Waals surface area contributed by atoms with Gasteiger partial charge in [-0.05, 0) is 0 Å². The topological polar surface area (TPSA) is 64.0 Å². The molecule has 1 aliphatic rings. The predicted octanol–water partition coefficient (Wildman–Crippen LogP) is -1.38. The lowest BCUT2D eigenvalue weighted by Crippen LogP contribution is -2.44. The summed E-state index contributed by atoms with van der Waals surface area (Å²) in [6.45, 7) is -0.0671. The van der Waals surface area contributed by atoms with Crippen LogP contribution in [0, 0.1) is 0 Å². The fourth-order valence-corrected chi connectivity index (χ4v) is 0.901. The summed E-state index contributed by atoms with van der Waals surface area (Å²) in [7, 11) is 2.85. The molecule has 2 N–H and O–H groups in total. The van der Waals surface area contributed by atoms with Crippen LogP contribution in [0.2, 0.25) is 0 Å². The fourth-order valence-electron chi connectivity index (χ4n) is 0.901. The van der Waals surface area contributed by atoms with Crippen LogP contribution in [0.5, 0.6) is 0 Å². The second-order valence-electron chi connectivity index (χ2n) is 2.47. The van der Waals surface area contributed by atoms with Gasteiger partial charge in [0.1, 0.15) is 0 Å². The highest BCUT2D eigenvalue weighted by molar-refractivity contribution is 5.76. The van der Waals surface area contributed by atoms with E-state index in [2.05, 4.69) is 0 Å². The molecule has 0 atom stereocenters. The molecule has 0 saturated carbocycles. The van der Waals surface area contributed by atoms with E-state index in [1.165, 1.54) is 19.0 Å². The first kappa shape index (κ1) is 7.30. The molecule has 0 bridgehead atoms. The Hall–Kier alpha value is -0.810. The maximum absolute atomic E-state index is 10.9. The average Bonchev–Trinajstić information content (AvgIpc) is 1.95. The number of amides is 2. The molecule has 0 spiro atoms. The van der Waals surface area contributed by atoms with Crippen molar-refractivity contribution in [2.24, 2.45) is 0 Å². The van der Waals surface area contributed by atoms with Gasteiger partial charge in [0.15, 0.2) is 0 Å². The van der Waals surface area contributed by atoms with Crippen LogP contribution in [0.4, 0.5) is 4.79 Å². The average molecular weight is 146 g/mol. The summed E-state index contributed by atoms with van der Waals surface area (Å²) < 4.78 is 0. The van der Waals surface area contributed by atoms with Gasteiger partial charge >= 0.3 is 6.03 Å². The van der Waals surface area contributed by atoms with Gasteiger partial charge < -0.3 is 15.1 Å². The molecule has 5 nitrogen and oxygen atoms in total. The Balaban J connectivity index is 2.81. The standard InChI is InChI=1S/C5H10N2O3/c1-6-3-5(9,10)7(2)4(6)8/h9-10H,3H2,1-2H3. The number of hydrogen-bond donors (Lipinski definition) is 2. The molecular formula is C5H10N2O3. The molecule has 0 unspecified atom stereocenters. The smallest absolute Gasteiger partial charge is 0.323 e. The van der Waals surface area contributed by atoms with E-state index in [-0.39, 0.29) is 12.6 Å². The maximum atomic E-state index is 10.9. The highest BCUT2D eigenvalue weighted by Gasteiger charge is 2.43. The number of hydrogen-bond acceptors (Lipinski definition) is 3. The van der Waals surface area contributed by atoms with Gasteiger partial charge in [0.2, 0.25) is 0 Å². The predicted molar refractivity (Wildman–Crippen MR) is 33.0 cm³/mol. The Morgan fingerprint density at radius 1 is 1.50 bits per heavy atom. The van der Waals surface area contributed by atoms with Gasteiger partial charge in [-0.25, -0.2) is 4.79 Å². The number of rotatable bonds is 0. The van der Waals surface area contributed by atoms with Crippen molar-refractivity contribution in [2.75, 3.05) is 20.6 Å². The molecule has 0 aromatic rings. The molecule has 2 amide bonds. The first-order chi connectivity index (χ1) is 4.45. The van der Waals surface area contributed by atoms with Crippen molar-refractivity contribution in [1.29, 1.82) is 0 Å². The number of nitrogens with zero attached hydrogens (tertiary/aromatic N) is 2. The zero-order chi connectivity index (χ0) is 7.94. The Morgan fingerprint density at radius 3 is 2.10 bits per heavy atom. The molecule has 5 heteroatoms. The van der Waals surface area contributed by atoms with Crippen LogP contribution in [0.1, 0.15) is 0 Å². The van der Waals surface area contributed by atoms with E-state index >= 15 is 0 Å². The van der Waals surface area contributed by atoms with Gasteiger partial charge in [-0.2, -0.15) is 0 Å². The lowest BCUT2D eigenvalue weighted by atomic mass is 10.5. The molecule has 1 fully saturated rings. The Labute approximate surface area is 58.5 Å². The van der Waals surface area contributed by atoms with Crippen LogP contribution in [0.25, 0.3) is 0 Å². The van der Waals surface area contributed by atoms with E-state index in [0.717, 1.165) is 4.90 Å². The Bertz CT molecular complexity index is 168. The molecule has 10 heavy (non-hydrogen) atoms. The lowest BCUT2D eigenvalue weighted by Gasteiger charge is -2.20. The van der Waals surface area contributed by atoms with Gasteiger partial charge in [0.25, 0.3) is 5.91 Å². The molecule has 1 aliphatic heterocycles. The van der Waals surface area contributed by atoms with Crippen LogP contribution in [-0.4, -0.2) is 52.6 Å².